The maximum absolute atomic E-state index is 12.3. The summed E-state index contributed by atoms with van der Waals surface area (Å²) in [6.07, 6.45) is -4.33. The largest absolute Gasteiger partial charge is 0.573 e. The van der Waals surface area contributed by atoms with Crippen LogP contribution in [0.2, 0.25) is 0 Å². The number of carbonyl (C=O) groups excluding carboxylic acids is 1. The van der Waals surface area contributed by atoms with Crippen molar-refractivity contribution in [1.29, 1.82) is 0 Å². The van der Waals surface area contributed by atoms with Gasteiger partial charge in [0.1, 0.15) is 5.75 Å². The molecule has 0 radical (unpaired) electrons. The van der Waals surface area contributed by atoms with E-state index in [4.69, 9.17) is 0 Å². The lowest BCUT2D eigenvalue weighted by Crippen LogP contribution is -2.51. The molecule has 1 heterocycles. The third-order valence-corrected chi connectivity index (χ3v) is 3.53. The number of para-hydroxylation sites is 1. The first kappa shape index (κ1) is 16.6. The van der Waals surface area contributed by atoms with E-state index in [2.05, 4.69) is 10.1 Å². The molecular weight excluding hydrogens is 297 g/mol. The van der Waals surface area contributed by atoms with Crippen molar-refractivity contribution >= 4 is 5.91 Å². The number of piperazine rings is 1. The van der Waals surface area contributed by atoms with Gasteiger partial charge in [0.15, 0.2) is 0 Å². The Morgan fingerprint density at radius 1 is 1.41 bits per heavy atom. The van der Waals surface area contributed by atoms with E-state index in [1.807, 2.05) is 6.92 Å². The van der Waals surface area contributed by atoms with Gasteiger partial charge in [-0.15, -0.1) is 13.2 Å². The predicted molar refractivity (Wildman–Crippen MR) is 75.5 cm³/mol. The number of benzene rings is 1. The Hall–Kier alpha value is -1.76. The summed E-state index contributed by atoms with van der Waals surface area (Å²) >= 11 is 0. The minimum Gasteiger partial charge on any atom is -0.406 e. The van der Waals surface area contributed by atoms with Gasteiger partial charge in [0.25, 0.3) is 0 Å². The Morgan fingerprint density at radius 2 is 2.14 bits per heavy atom. The van der Waals surface area contributed by atoms with Gasteiger partial charge < -0.3 is 15.0 Å². The molecule has 0 bridgehead atoms. The van der Waals surface area contributed by atoms with Crippen molar-refractivity contribution in [2.45, 2.75) is 32.2 Å². The lowest BCUT2D eigenvalue weighted by atomic mass is 10.1. The van der Waals surface area contributed by atoms with Crippen LogP contribution in [0.5, 0.6) is 5.75 Å². The van der Waals surface area contributed by atoms with Gasteiger partial charge in [0.05, 0.1) is 0 Å². The van der Waals surface area contributed by atoms with Crippen molar-refractivity contribution < 1.29 is 22.7 Å². The molecule has 122 valence electrons. The van der Waals surface area contributed by atoms with Gasteiger partial charge in [-0.2, -0.15) is 0 Å². The number of aryl methyl sites for hydroxylation is 1. The van der Waals surface area contributed by atoms with Crippen molar-refractivity contribution in [3.8, 4) is 5.75 Å². The van der Waals surface area contributed by atoms with Crippen LogP contribution in [0.4, 0.5) is 13.2 Å². The van der Waals surface area contributed by atoms with E-state index in [-0.39, 0.29) is 30.5 Å². The Labute approximate surface area is 127 Å². The zero-order chi connectivity index (χ0) is 16.2. The van der Waals surface area contributed by atoms with Crippen LogP contribution in [-0.2, 0) is 11.2 Å². The fourth-order valence-corrected chi connectivity index (χ4v) is 2.49. The average Bonchev–Trinajstić information content (AvgIpc) is 2.44. The van der Waals surface area contributed by atoms with Crippen molar-refractivity contribution in [3.05, 3.63) is 29.8 Å². The van der Waals surface area contributed by atoms with E-state index in [0.717, 1.165) is 6.54 Å². The maximum atomic E-state index is 12.3. The molecule has 1 N–H and O–H groups in total. The second-order valence-electron chi connectivity index (χ2n) is 5.35. The third-order valence-electron chi connectivity index (χ3n) is 3.53. The number of amides is 1. The van der Waals surface area contributed by atoms with Crippen LogP contribution < -0.4 is 10.1 Å². The number of ether oxygens (including phenoxy) is 1. The molecule has 0 saturated carbocycles. The lowest BCUT2D eigenvalue weighted by Gasteiger charge is -2.32. The van der Waals surface area contributed by atoms with E-state index < -0.39 is 6.36 Å². The van der Waals surface area contributed by atoms with Gasteiger partial charge >= 0.3 is 6.36 Å². The number of carbonyl (C=O) groups is 1. The number of alkyl halides is 3. The van der Waals surface area contributed by atoms with Gasteiger partial charge in [-0.1, -0.05) is 18.2 Å². The highest BCUT2D eigenvalue weighted by Gasteiger charge is 2.32. The quantitative estimate of drug-likeness (QED) is 0.927. The molecule has 0 unspecified atom stereocenters. The molecule has 22 heavy (non-hydrogen) atoms. The van der Waals surface area contributed by atoms with Gasteiger partial charge in [0.2, 0.25) is 5.91 Å². The molecule has 2 rings (SSSR count). The molecule has 1 aromatic rings. The summed E-state index contributed by atoms with van der Waals surface area (Å²) < 4.78 is 41.0. The summed E-state index contributed by atoms with van der Waals surface area (Å²) in [5.74, 6) is -0.286. The summed E-state index contributed by atoms with van der Waals surface area (Å²) in [6.45, 7) is 3.98. The van der Waals surface area contributed by atoms with E-state index in [1.54, 1.807) is 17.0 Å². The van der Waals surface area contributed by atoms with Crippen LogP contribution in [0.25, 0.3) is 0 Å². The van der Waals surface area contributed by atoms with Gasteiger partial charge in [-0.25, -0.2) is 0 Å². The second-order valence-corrected chi connectivity index (χ2v) is 5.35. The zero-order valence-corrected chi connectivity index (χ0v) is 12.3. The van der Waals surface area contributed by atoms with Crippen molar-refractivity contribution in [2.75, 3.05) is 19.6 Å². The molecule has 0 aromatic heterocycles. The molecule has 1 saturated heterocycles. The Balaban J connectivity index is 1.95. The summed E-state index contributed by atoms with van der Waals surface area (Å²) in [6, 6.07) is 6.16. The fourth-order valence-electron chi connectivity index (χ4n) is 2.49. The highest BCUT2D eigenvalue weighted by atomic mass is 19.4. The first-order chi connectivity index (χ1) is 10.3. The van der Waals surface area contributed by atoms with Crippen LogP contribution in [-0.4, -0.2) is 42.8 Å². The van der Waals surface area contributed by atoms with Gasteiger partial charge in [-0.05, 0) is 25.0 Å². The summed E-state index contributed by atoms with van der Waals surface area (Å²) in [4.78, 5) is 13.9. The minimum atomic E-state index is -4.73. The molecule has 0 spiro atoms. The first-order valence-electron chi connectivity index (χ1n) is 7.20. The van der Waals surface area contributed by atoms with Crippen molar-refractivity contribution in [2.24, 2.45) is 0 Å². The van der Waals surface area contributed by atoms with E-state index in [1.165, 1.54) is 12.1 Å². The SMILES string of the molecule is C[C@@H]1CN(C(=O)CCc2ccccc2OC(F)(F)F)CCN1. The standard InChI is InChI=1S/C15H19F3N2O2/c1-11-10-20(9-8-19-11)14(21)7-6-12-4-2-3-5-13(12)22-15(16,17)18/h2-5,11,19H,6-10H2,1H3/t11-/m1/s1. The Morgan fingerprint density at radius 3 is 2.82 bits per heavy atom. The zero-order valence-electron chi connectivity index (χ0n) is 12.3. The molecule has 1 aliphatic rings. The lowest BCUT2D eigenvalue weighted by molar-refractivity contribution is -0.274. The topological polar surface area (TPSA) is 41.6 Å². The molecular formula is C15H19F3N2O2. The molecule has 1 fully saturated rings. The van der Waals surface area contributed by atoms with E-state index >= 15 is 0 Å². The molecule has 1 aliphatic heterocycles. The monoisotopic (exact) mass is 316 g/mol. The molecule has 7 heteroatoms. The molecule has 0 aliphatic carbocycles. The maximum Gasteiger partial charge on any atom is 0.573 e. The average molecular weight is 316 g/mol. The predicted octanol–water partition coefficient (Wildman–Crippen LogP) is 2.34. The Bertz CT molecular complexity index is 520. The fraction of sp³-hybridized carbons (Fsp3) is 0.533. The smallest absolute Gasteiger partial charge is 0.406 e. The van der Waals surface area contributed by atoms with Crippen LogP contribution in [0, 0.1) is 0 Å². The van der Waals surface area contributed by atoms with E-state index in [0.29, 0.717) is 18.7 Å². The molecule has 1 aromatic carbocycles. The second kappa shape index (κ2) is 7.00. The molecule has 1 amide bonds. The Kier molecular flexibility index (Phi) is 5.28. The van der Waals surface area contributed by atoms with Crippen molar-refractivity contribution in [1.82, 2.24) is 10.2 Å². The first-order valence-corrected chi connectivity index (χ1v) is 7.20. The van der Waals surface area contributed by atoms with Gasteiger partial charge in [0, 0.05) is 32.1 Å². The normalized spacial score (nSPS) is 19.1. The summed E-state index contributed by atoms with van der Waals surface area (Å²) in [7, 11) is 0. The van der Waals surface area contributed by atoms with Gasteiger partial charge in [-0.3, -0.25) is 4.79 Å². The summed E-state index contributed by atoms with van der Waals surface area (Å²) in [5, 5.41) is 3.24. The van der Waals surface area contributed by atoms with Crippen LogP contribution in [0.15, 0.2) is 24.3 Å². The number of rotatable bonds is 4. The third kappa shape index (κ3) is 4.91. The van der Waals surface area contributed by atoms with Crippen LogP contribution in [0.3, 0.4) is 0 Å². The highest BCUT2D eigenvalue weighted by molar-refractivity contribution is 5.76. The summed E-state index contributed by atoms with van der Waals surface area (Å²) in [5.41, 5.74) is 0.386. The van der Waals surface area contributed by atoms with Crippen LogP contribution in [0.1, 0.15) is 18.9 Å². The molecule has 1 atom stereocenters. The number of nitrogens with zero attached hydrogens (tertiary/aromatic N) is 1. The van der Waals surface area contributed by atoms with Crippen molar-refractivity contribution in [3.63, 3.8) is 0 Å². The minimum absolute atomic E-state index is 0.0461. The molecule has 4 nitrogen and oxygen atoms in total. The number of hydrogen-bond acceptors (Lipinski definition) is 3. The highest BCUT2D eigenvalue weighted by Crippen LogP contribution is 2.27. The van der Waals surface area contributed by atoms with E-state index in [9.17, 15) is 18.0 Å². The number of nitrogens with one attached hydrogen (secondary N) is 1. The number of hydrogen-bond donors (Lipinski definition) is 1. The van der Waals surface area contributed by atoms with Crippen LogP contribution >= 0.6 is 0 Å². The number of halogens is 3.